The van der Waals surface area contributed by atoms with Crippen LogP contribution in [0.15, 0.2) is 42.5 Å². The van der Waals surface area contributed by atoms with Gasteiger partial charge in [-0.15, -0.1) is 5.10 Å². The summed E-state index contributed by atoms with van der Waals surface area (Å²) in [7, 11) is 1.64. The first-order valence-corrected chi connectivity index (χ1v) is 10.5. The maximum absolute atomic E-state index is 12.5. The summed E-state index contributed by atoms with van der Waals surface area (Å²) in [5, 5.41) is 11.9. The van der Waals surface area contributed by atoms with Gasteiger partial charge in [0.15, 0.2) is 11.5 Å². The van der Waals surface area contributed by atoms with Gasteiger partial charge in [0.25, 0.3) is 0 Å². The number of rotatable bonds is 4. The number of hydrogen-bond acceptors (Lipinski definition) is 6. The van der Waals surface area contributed by atoms with E-state index in [2.05, 4.69) is 16.7 Å². The molecule has 1 saturated heterocycles. The van der Waals surface area contributed by atoms with Crippen LogP contribution < -0.4 is 15.4 Å². The number of methoxy groups -OCH3 is 1. The van der Waals surface area contributed by atoms with Crippen LogP contribution in [0.1, 0.15) is 24.8 Å². The first-order chi connectivity index (χ1) is 15.1. The minimum absolute atomic E-state index is 0.00964. The topological polar surface area (TPSA) is 93.4 Å². The third-order valence-electron chi connectivity index (χ3n) is 5.59. The second kappa shape index (κ2) is 7.86. The van der Waals surface area contributed by atoms with Crippen LogP contribution in [0.25, 0.3) is 27.9 Å². The van der Waals surface area contributed by atoms with Gasteiger partial charge in [-0.3, -0.25) is 4.79 Å². The fourth-order valence-electron chi connectivity index (χ4n) is 3.93. The number of anilines is 1. The minimum Gasteiger partial charge on any atom is -0.497 e. The lowest BCUT2D eigenvalue weighted by molar-refractivity contribution is -0.121. The molecule has 1 amide bonds. The molecule has 0 aliphatic carbocycles. The van der Waals surface area contributed by atoms with Crippen molar-refractivity contribution < 1.29 is 9.53 Å². The normalized spacial score (nSPS) is 16.8. The number of nitrogens with zero attached hydrogens (tertiary/aromatic N) is 4. The van der Waals surface area contributed by atoms with Gasteiger partial charge in [-0.05, 0) is 50.5 Å². The fourth-order valence-corrected chi connectivity index (χ4v) is 3.93. The van der Waals surface area contributed by atoms with Crippen molar-refractivity contribution in [2.75, 3.05) is 19.0 Å². The molecule has 4 aromatic rings. The number of amides is 1. The Morgan fingerprint density at radius 1 is 1.16 bits per heavy atom. The third-order valence-corrected chi connectivity index (χ3v) is 5.59. The summed E-state index contributed by atoms with van der Waals surface area (Å²) < 4.78 is 7.06. The first kappa shape index (κ1) is 19.3. The molecule has 8 nitrogen and oxygen atoms in total. The first-order valence-electron chi connectivity index (χ1n) is 10.5. The number of carbonyl (C=O) groups excluding carboxylic acids is 1. The van der Waals surface area contributed by atoms with Crippen LogP contribution in [0.5, 0.6) is 5.75 Å². The van der Waals surface area contributed by atoms with E-state index >= 15 is 0 Å². The number of nitrogens with one attached hydrogen (secondary N) is 2. The Hall–Kier alpha value is -3.68. The molecule has 1 aliphatic heterocycles. The van der Waals surface area contributed by atoms with Crippen LogP contribution in [0, 0.1) is 6.92 Å². The van der Waals surface area contributed by atoms with E-state index < -0.39 is 0 Å². The molecule has 1 atom stereocenters. The van der Waals surface area contributed by atoms with Gasteiger partial charge in [-0.2, -0.15) is 4.52 Å². The molecule has 5 rings (SSSR count). The Morgan fingerprint density at radius 2 is 2.06 bits per heavy atom. The van der Waals surface area contributed by atoms with Gasteiger partial charge in [0.1, 0.15) is 11.8 Å². The number of fused-ring (bicyclic) bond motifs is 3. The average molecular weight is 416 g/mol. The van der Waals surface area contributed by atoms with E-state index in [9.17, 15) is 4.79 Å². The maximum Gasteiger partial charge on any atom is 0.242 e. The van der Waals surface area contributed by atoms with E-state index in [1.807, 2.05) is 43.3 Å². The number of benzene rings is 2. The van der Waals surface area contributed by atoms with E-state index in [0.717, 1.165) is 47.0 Å². The van der Waals surface area contributed by atoms with E-state index in [4.69, 9.17) is 19.8 Å². The van der Waals surface area contributed by atoms with Gasteiger partial charge in [0, 0.05) is 17.5 Å². The van der Waals surface area contributed by atoms with Crippen LogP contribution in [-0.4, -0.2) is 45.2 Å². The van der Waals surface area contributed by atoms with Crippen LogP contribution >= 0.6 is 0 Å². The van der Waals surface area contributed by atoms with E-state index in [-0.39, 0.29) is 11.9 Å². The molecule has 2 aromatic heterocycles. The number of aryl methyl sites for hydroxylation is 1. The highest BCUT2D eigenvalue weighted by molar-refractivity contribution is 5.94. The van der Waals surface area contributed by atoms with Gasteiger partial charge < -0.3 is 15.4 Å². The zero-order valence-electron chi connectivity index (χ0n) is 17.6. The molecule has 0 unspecified atom stereocenters. The van der Waals surface area contributed by atoms with E-state index in [1.165, 1.54) is 0 Å². The molecule has 0 radical (unpaired) electrons. The quantitative estimate of drug-likeness (QED) is 0.530. The Kier molecular flexibility index (Phi) is 4.89. The molecular formula is C23H24N6O2. The largest absolute Gasteiger partial charge is 0.497 e. The van der Waals surface area contributed by atoms with Crippen molar-refractivity contribution in [2.24, 2.45) is 0 Å². The van der Waals surface area contributed by atoms with Crippen molar-refractivity contribution in [1.29, 1.82) is 0 Å². The maximum atomic E-state index is 12.5. The second-order valence-electron chi connectivity index (χ2n) is 7.84. The van der Waals surface area contributed by atoms with Gasteiger partial charge in [0.2, 0.25) is 11.9 Å². The van der Waals surface area contributed by atoms with Gasteiger partial charge in [-0.25, -0.2) is 9.97 Å². The molecule has 1 aliphatic rings. The van der Waals surface area contributed by atoms with Crippen LogP contribution in [0.2, 0.25) is 0 Å². The van der Waals surface area contributed by atoms with E-state index in [0.29, 0.717) is 24.0 Å². The van der Waals surface area contributed by atoms with Crippen LogP contribution in [0.3, 0.4) is 0 Å². The predicted octanol–water partition coefficient (Wildman–Crippen LogP) is 3.34. The lowest BCUT2D eigenvalue weighted by Gasteiger charge is -2.16. The second-order valence-corrected chi connectivity index (χ2v) is 7.84. The lowest BCUT2D eigenvalue weighted by atomic mass is 10.1. The molecule has 8 heteroatoms. The van der Waals surface area contributed by atoms with Crippen molar-refractivity contribution in [1.82, 2.24) is 24.9 Å². The minimum atomic E-state index is -0.356. The molecular weight excluding hydrogens is 392 g/mol. The van der Waals surface area contributed by atoms with Gasteiger partial charge >= 0.3 is 0 Å². The number of carbonyl (C=O) groups is 1. The monoisotopic (exact) mass is 416 g/mol. The van der Waals surface area contributed by atoms with E-state index in [1.54, 1.807) is 11.6 Å². The molecule has 2 N–H and O–H groups in total. The molecule has 2 aromatic carbocycles. The summed E-state index contributed by atoms with van der Waals surface area (Å²) in [4.78, 5) is 22.1. The molecule has 0 bridgehead atoms. The lowest BCUT2D eigenvalue weighted by Crippen LogP contribution is -2.38. The molecule has 158 valence electrons. The van der Waals surface area contributed by atoms with Crippen LogP contribution in [-0.2, 0) is 4.79 Å². The Morgan fingerprint density at radius 3 is 2.94 bits per heavy atom. The number of ether oxygens (including phenoxy) is 1. The SMILES string of the molecule is COc1cccc(-c2nc3c4cc(C)ccc4nc(N[C@H]4CCCCNC4=O)n3n2)c1. The highest BCUT2D eigenvalue weighted by atomic mass is 16.5. The van der Waals surface area contributed by atoms with Gasteiger partial charge in [0.05, 0.1) is 12.6 Å². The van der Waals surface area contributed by atoms with Crippen molar-refractivity contribution >= 4 is 28.4 Å². The summed E-state index contributed by atoms with van der Waals surface area (Å²) >= 11 is 0. The summed E-state index contributed by atoms with van der Waals surface area (Å²) in [5.74, 6) is 1.81. The Bertz CT molecular complexity index is 1280. The Labute approximate surface area is 179 Å². The molecule has 3 heterocycles. The van der Waals surface area contributed by atoms with Crippen LogP contribution in [0.4, 0.5) is 5.95 Å². The standard InChI is InChI=1S/C23H24N6O2/c1-14-9-10-18-17(12-14)21-27-20(15-6-5-7-16(13-15)31-2)28-29(21)23(25-18)26-19-8-3-4-11-24-22(19)30/h5-7,9-10,12-13,19H,3-4,8,11H2,1-2H3,(H,24,30)(H,25,26)/t19-/m0/s1. The number of aromatic nitrogens is 4. The predicted molar refractivity (Wildman–Crippen MR) is 119 cm³/mol. The van der Waals surface area contributed by atoms with Crippen molar-refractivity contribution in [3.8, 4) is 17.1 Å². The molecule has 1 fully saturated rings. The highest BCUT2D eigenvalue weighted by Crippen LogP contribution is 2.27. The van der Waals surface area contributed by atoms with Crippen molar-refractivity contribution in [2.45, 2.75) is 32.2 Å². The summed E-state index contributed by atoms with van der Waals surface area (Å²) in [6.45, 7) is 2.75. The smallest absolute Gasteiger partial charge is 0.242 e. The molecule has 0 saturated carbocycles. The summed E-state index contributed by atoms with van der Waals surface area (Å²) in [5.41, 5.74) is 3.47. The summed E-state index contributed by atoms with van der Waals surface area (Å²) in [6.07, 6.45) is 2.70. The highest BCUT2D eigenvalue weighted by Gasteiger charge is 2.23. The summed E-state index contributed by atoms with van der Waals surface area (Å²) in [6, 6.07) is 13.4. The zero-order chi connectivity index (χ0) is 21.4. The third kappa shape index (κ3) is 3.65. The fraction of sp³-hybridized carbons (Fsp3) is 0.304. The van der Waals surface area contributed by atoms with Crippen molar-refractivity contribution in [3.05, 3.63) is 48.0 Å². The zero-order valence-corrected chi connectivity index (χ0v) is 17.6. The molecule has 0 spiro atoms. The van der Waals surface area contributed by atoms with Gasteiger partial charge in [-0.1, -0.05) is 23.8 Å². The van der Waals surface area contributed by atoms with Crippen molar-refractivity contribution in [3.63, 3.8) is 0 Å². The number of hydrogen-bond donors (Lipinski definition) is 2. The average Bonchev–Trinajstić information content (AvgIpc) is 3.15. The molecule has 31 heavy (non-hydrogen) atoms. The Balaban J connectivity index is 1.67.